The molecule has 0 fully saturated rings. The van der Waals surface area contributed by atoms with Gasteiger partial charge in [0.25, 0.3) is 5.91 Å². The number of thioether (sulfide) groups is 1. The minimum Gasteiger partial charge on any atom is -0.345 e. The summed E-state index contributed by atoms with van der Waals surface area (Å²) in [5.41, 5.74) is 1.16. The topological polar surface area (TPSA) is 63.2 Å². The zero-order valence-electron chi connectivity index (χ0n) is 13.0. The molecule has 1 atom stereocenters. The zero-order chi connectivity index (χ0) is 17.3. The van der Waals surface area contributed by atoms with Crippen molar-refractivity contribution in [3.8, 4) is 0 Å². The normalized spacial score (nSPS) is 17.2. The molecule has 2 aromatic carbocycles. The van der Waals surface area contributed by atoms with Crippen LogP contribution in [0.3, 0.4) is 0 Å². The Morgan fingerprint density at radius 3 is 2.58 bits per heavy atom. The molecular formula is C17H16FNO3S2. The van der Waals surface area contributed by atoms with Crippen molar-refractivity contribution in [3.63, 3.8) is 0 Å². The molecule has 1 amide bonds. The predicted octanol–water partition coefficient (Wildman–Crippen LogP) is 3.20. The first kappa shape index (κ1) is 17.0. The fraction of sp³-hybridized carbons (Fsp3) is 0.235. The summed E-state index contributed by atoms with van der Waals surface area (Å²) in [5.74, 6) is 0.214. The van der Waals surface area contributed by atoms with Crippen LogP contribution in [0.25, 0.3) is 0 Å². The van der Waals surface area contributed by atoms with Crippen LogP contribution < -0.4 is 5.32 Å². The second-order valence-corrected chi connectivity index (χ2v) is 8.79. The lowest BCUT2D eigenvalue weighted by Crippen LogP contribution is -2.30. The fourth-order valence-electron chi connectivity index (χ4n) is 2.61. The van der Waals surface area contributed by atoms with E-state index in [9.17, 15) is 17.6 Å². The summed E-state index contributed by atoms with van der Waals surface area (Å²) in [6.07, 6.45) is 1.83. The number of hydrogen-bond donors (Lipinski definition) is 1. The molecule has 126 valence electrons. The number of rotatable bonds is 3. The average Bonchev–Trinajstić information content (AvgIpc) is 2.54. The highest BCUT2D eigenvalue weighted by Crippen LogP contribution is 2.36. The number of hydrogen-bond acceptors (Lipinski definition) is 4. The number of carbonyl (C=O) groups is 1. The third-order valence-corrected chi connectivity index (χ3v) is 6.11. The van der Waals surface area contributed by atoms with Crippen LogP contribution in [0.15, 0.2) is 52.3 Å². The van der Waals surface area contributed by atoms with Crippen LogP contribution in [0, 0.1) is 5.82 Å². The number of fused-ring (bicyclic) bond motifs is 1. The van der Waals surface area contributed by atoms with Gasteiger partial charge in [0.2, 0.25) is 0 Å². The molecule has 1 aliphatic heterocycles. The summed E-state index contributed by atoms with van der Waals surface area (Å²) in [7, 11) is -3.29. The Labute approximate surface area is 144 Å². The van der Waals surface area contributed by atoms with Gasteiger partial charge in [-0.05, 0) is 54.4 Å². The SMILES string of the molecule is CS(=O)(=O)c1ccc(C(=O)N[C@H]2CCSc3ccc(F)cc32)cc1. The lowest BCUT2D eigenvalue weighted by Gasteiger charge is -2.26. The van der Waals surface area contributed by atoms with E-state index in [0.29, 0.717) is 12.0 Å². The fourth-order valence-corrected chi connectivity index (χ4v) is 4.35. The van der Waals surface area contributed by atoms with E-state index in [0.717, 1.165) is 22.5 Å². The Balaban J connectivity index is 1.80. The minimum absolute atomic E-state index is 0.167. The van der Waals surface area contributed by atoms with Crippen molar-refractivity contribution in [2.24, 2.45) is 0 Å². The van der Waals surface area contributed by atoms with Gasteiger partial charge in [-0.3, -0.25) is 4.79 Å². The molecule has 24 heavy (non-hydrogen) atoms. The Kier molecular flexibility index (Phi) is 4.64. The van der Waals surface area contributed by atoms with Gasteiger partial charge >= 0.3 is 0 Å². The highest BCUT2D eigenvalue weighted by Gasteiger charge is 2.23. The van der Waals surface area contributed by atoms with E-state index >= 15 is 0 Å². The van der Waals surface area contributed by atoms with Crippen LogP contribution in [-0.4, -0.2) is 26.3 Å². The number of sulfone groups is 1. The van der Waals surface area contributed by atoms with E-state index in [2.05, 4.69) is 5.32 Å². The van der Waals surface area contributed by atoms with Crippen molar-refractivity contribution in [1.82, 2.24) is 5.32 Å². The maximum absolute atomic E-state index is 13.5. The molecule has 0 saturated heterocycles. The molecule has 0 spiro atoms. The number of halogens is 1. The molecule has 0 aliphatic carbocycles. The minimum atomic E-state index is -3.29. The molecule has 0 radical (unpaired) electrons. The van der Waals surface area contributed by atoms with E-state index in [-0.39, 0.29) is 22.7 Å². The summed E-state index contributed by atoms with van der Waals surface area (Å²) >= 11 is 1.64. The molecule has 3 rings (SSSR count). The van der Waals surface area contributed by atoms with Gasteiger partial charge in [-0.2, -0.15) is 0 Å². The van der Waals surface area contributed by atoms with E-state index < -0.39 is 9.84 Å². The highest BCUT2D eigenvalue weighted by molar-refractivity contribution is 7.99. The highest BCUT2D eigenvalue weighted by atomic mass is 32.2. The molecule has 0 aromatic heterocycles. The van der Waals surface area contributed by atoms with E-state index in [1.54, 1.807) is 17.8 Å². The van der Waals surface area contributed by atoms with E-state index in [4.69, 9.17) is 0 Å². The predicted molar refractivity (Wildman–Crippen MR) is 91.5 cm³/mol. The van der Waals surface area contributed by atoms with Gasteiger partial charge < -0.3 is 5.32 Å². The van der Waals surface area contributed by atoms with Gasteiger partial charge in [0.15, 0.2) is 9.84 Å². The average molecular weight is 365 g/mol. The lowest BCUT2D eigenvalue weighted by molar-refractivity contribution is 0.0934. The van der Waals surface area contributed by atoms with Gasteiger partial charge in [-0.25, -0.2) is 12.8 Å². The zero-order valence-corrected chi connectivity index (χ0v) is 14.6. The van der Waals surface area contributed by atoms with Crippen molar-refractivity contribution in [3.05, 3.63) is 59.4 Å². The number of amides is 1. The second-order valence-electron chi connectivity index (χ2n) is 5.64. The molecule has 4 nitrogen and oxygen atoms in total. The van der Waals surface area contributed by atoms with Crippen LogP contribution in [0.5, 0.6) is 0 Å². The Bertz CT molecular complexity index is 879. The number of nitrogens with one attached hydrogen (secondary N) is 1. The third-order valence-electron chi connectivity index (χ3n) is 3.86. The third kappa shape index (κ3) is 3.62. The van der Waals surface area contributed by atoms with Crippen LogP contribution in [0.1, 0.15) is 28.4 Å². The smallest absolute Gasteiger partial charge is 0.251 e. The molecular weight excluding hydrogens is 349 g/mol. The van der Waals surface area contributed by atoms with Crippen molar-refractivity contribution in [1.29, 1.82) is 0 Å². The van der Waals surface area contributed by atoms with Gasteiger partial charge in [-0.1, -0.05) is 0 Å². The quantitative estimate of drug-likeness (QED) is 0.907. The monoisotopic (exact) mass is 365 g/mol. The molecule has 0 unspecified atom stereocenters. The number of benzene rings is 2. The van der Waals surface area contributed by atoms with Crippen molar-refractivity contribution < 1.29 is 17.6 Å². The maximum Gasteiger partial charge on any atom is 0.251 e. The molecule has 2 aromatic rings. The summed E-state index contributed by atoms with van der Waals surface area (Å²) in [5, 5.41) is 2.91. The Morgan fingerprint density at radius 2 is 1.92 bits per heavy atom. The Hall–Kier alpha value is -1.86. The molecule has 1 heterocycles. The molecule has 1 aliphatic rings. The molecule has 1 N–H and O–H groups in total. The standard InChI is InChI=1S/C17H16FNO3S2/c1-24(21,22)13-5-2-11(3-6-13)17(20)19-15-8-9-23-16-7-4-12(18)10-14(15)16/h2-7,10,15H,8-9H2,1H3,(H,19,20)/t15-/m0/s1. The summed E-state index contributed by atoms with van der Waals surface area (Å²) in [4.78, 5) is 13.5. The molecule has 0 saturated carbocycles. The lowest BCUT2D eigenvalue weighted by atomic mass is 10.0. The summed E-state index contributed by atoms with van der Waals surface area (Å²) < 4.78 is 36.4. The Morgan fingerprint density at radius 1 is 1.21 bits per heavy atom. The molecule has 7 heteroatoms. The van der Waals surface area contributed by atoms with Gasteiger partial charge in [-0.15, -0.1) is 11.8 Å². The van der Waals surface area contributed by atoms with Crippen LogP contribution in [0.4, 0.5) is 4.39 Å². The second kappa shape index (κ2) is 6.57. The van der Waals surface area contributed by atoms with Crippen molar-refractivity contribution in [2.75, 3.05) is 12.0 Å². The van der Waals surface area contributed by atoms with Crippen LogP contribution in [0.2, 0.25) is 0 Å². The maximum atomic E-state index is 13.5. The largest absolute Gasteiger partial charge is 0.345 e. The summed E-state index contributed by atoms with van der Waals surface area (Å²) in [6.45, 7) is 0. The first-order valence-electron chi connectivity index (χ1n) is 7.38. The van der Waals surface area contributed by atoms with E-state index in [1.807, 2.05) is 0 Å². The first-order chi connectivity index (χ1) is 11.3. The van der Waals surface area contributed by atoms with Gasteiger partial charge in [0.1, 0.15) is 5.82 Å². The van der Waals surface area contributed by atoms with Crippen LogP contribution >= 0.6 is 11.8 Å². The van der Waals surface area contributed by atoms with Gasteiger partial charge in [0.05, 0.1) is 10.9 Å². The number of carbonyl (C=O) groups excluding carboxylic acids is 1. The first-order valence-corrected chi connectivity index (χ1v) is 10.3. The van der Waals surface area contributed by atoms with E-state index in [1.165, 1.54) is 36.4 Å². The van der Waals surface area contributed by atoms with Crippen molar-refractivity contribution >= 4 is 27.5 Å². The van der Waals surface area contributed by atoms with Gasteiger partial charge in [0, 0.05) is 22.5 Å². The van der Waals surface area contributed by atoms with Crippen LogP contribution in [-0.2, 0) is 9.84 Å². The molecule has 0 bridgehead atoms. The van der Waals surface area contributed by atoms with Crippen molar-refractivity contribution in [2.45, 2.75) is 22.3 Å². The summed E-state index contributed by atoms with van der Waals surface area (Å²) in [6, 6.07) is 10.1.